The number of hydrogen-bond donors (Lipinski definition) is 0. The fraction of sp³-hybridized carbons (Fsp3) is 0.286. The van der Waals surface area contributed by atoms with Crippen molar-refractivity contribution in [2.24, 2.45) is 10.9 Å². The van der Waals surface area contributed by atoms with Gasteiger partial charge < -0.3 is 4.74 Å². The van der Waals surface area contributed by atoms with Crippen LogP contribution in [0.2, 0.25) is 0 Å². The molecule has 0 heterocycles. The van der Waals surface area contributed by atoms with Crippen molar-refractivity contribution in [1.29, 1.82) is 0 Å². The molecular formula is C63H87NO. The number of aryl methyl sites for hydroxylation is 1. The molecule has 0 fully saturated rings. The van der Waals surface area contributed by atoms with E-state index in [1.807, 2.05) is 140 Å². The fourth-order valence-electron chi connectivity index (χ4n) is 4.79. The molecule has 65 heavy (non-hydrogen) atoms. The Labute approximate surface area is 400 Å². The van der Waals surface area contributed by atoms with Crippen molar-refractivity contribution in [1.82, 2.24) is 0 Å². The van der Waals surface area contributed by atoms with Gasteiger partial charge in [-0.05, 0) is 99.4 Å². The van der Waals surface area contributed by atoms with Gasteiger partial charge in [0.2, 0.25) is 0 Å². The molecule has 0 radical (unpaired) electrons. The minimum atomic E-state index is 0.0417. The molecule has 0 unspecified atom stereocenters. The molecule has 0 N–H and O–H groups in total. The molecule has 0 saturated carbocycles. The van der Waals surface area contributed by atoms with Crippen LogP contribution in [0.4, 0.5) is 0 Å². The van der Waals surface area contributed by atoms with Crippen molar-refractivity contribution in [3.05, 3.63) is 242 Å². The second-order valence-corrected chi connectivity index (χ2v) is 14.6. The molecule has 0 bridgehead atoms. The molecule has 4 aromatic carbocycles. The van der Waals surface area contributed by atoms with Gasteiger partial charge in [-0.3, -0.25) is 0 Å². The van der Waals surface area contributed by atoms with Gasteiger partial charge >= 0.3 is 0 Å². The molecule has 0 aromatic heterocycles. The zero-order chi connectivity index (χ0) is 50.1. The molecule has 0 aliphatic heterocycles. The zero-order valence-electron chi connectivity index (χ0n) is 43.6. The number of allylic oxidation sites excluding steroid dienone is 15. The molecule has 0 spiro atoms. The number of aliphatic imine (C=N–C) groups is 1. The first-order valence-electron chi connectivity index (χ1n) is 23.2. The Balaban J connectivity index is -0.00000125. The van der Waals surface area contributed by atoms with Crippen LogP contribution in [0.15, 0.2) is 213 Å². The van der Waals surface area contributed by atoms with Crippen LogP contribution in [0.5, 0.6) is 0 Å². The second-order valence-electron chi connectivity index (χ2n) is 14.6. The Morgan fingerprint density at radius 3 is 1.38 bits per heavy atom. The largest absolute Gasteiger partial charge is 0.379 e. The summed E-state index contributed by atoms with van der Waals surface area (Å²) in [5.41, 5.74) is 11.5. The van der Waals surface area contributed by atoms with Gasteiger partial charge in [-0.25, -0.2) is 4.99 Å². The lowest BCUT2D eigenvalue weighted by Crippen LogP contribution is -2.29. The van der Waals surface area contributed by atoms with Crippen LogP contribution < -0.4 is 0 Å². The topological polar surface area (TPSA) is 21.6 Å². The van der Waals surface area contributed by atoms with Crippen LogP contribution in [0, 0.1) is 12.8 Å². The third kappa shape index (κ3) is 29.1. The van der Waals surface area contributed by atoms with E-state index in [4.69, 9.17) is 9.73 Å². The van der Waals surface area contributed by atoms with E-state index in [1.165, 1.54) is 16.7 Å². The summed E-state index contributed by atoms with van der Waals surface area (Å²) in [6, 6.07) is 37.3. The Kier molecular flexibility index (Phi) is 39.5. The third-order valence-electron chi connectivity index (χ3n) is 9.45. The lowest BCUT2D eigenvalue weighted by molar-refractivity contribution is -0.0157. The number of methoxy groups -OCH3 is 1. The molecule has 2 nitrogen and oxygen atoms in total. The molecule has 0 amide bonds. The smallest absolute Gasteiger partial charge is 0.0712 e. The Morgan fingerprint density at radius 2 is 0.985 bits per heavy atom. The van der Waals surface area contributed by atoms with Crippen LogP contribution in [0.3, 0.4) is 0 Å². The maximum Gasteiger partial charge on any atom is 0.0712 e. The van der Waals surface area contributed by atoms with E-state index < -0.39 is 0 Å². The van der Waals surface area contributed by atoms with Crippen molar-refractivity contribution < 1.29 is 4.74 Å². The molecule has 4 aromatic rings. The van der Waals surface area contributed by atoms with Gasteiger partial charge in [0.15, 0.2) is 0 Å². The van der Waals surface area contributed by atoms with E-state index in [0.29, 0.717) is 11.6 Å². The maximum atomic E-state index is 5.20. The molecule has 4 rings (SSSR count). The Morgan fingerprint density at radius 1 is 0.569 bits per heavy atom. The normalized spacial score (nSPS) is 11.2. The summed E-state index contributed by atoms with van der Waals surface area (Å²) in [5.74, 6) is 0.590. The lowest BCUT2D eigenvalue weighted by Gasteiger charge is -2.26. The molecule has 0 atom stereocenters. The van der Waals surface area contributed by atoms with Crippen molar-refractivity contribution in [2.75, 3.05) is 7.11 Å². The number of ether oxygens (including phenoxy) is 1. The standard InChI is InChI=1S/C39H39N.C7H16O.C6H6.C5H8.3C2H6/c1-8-10-12-14-30(4)34-20-24-37(25-21-34)33(7)40-39(28-32(6)36-18-16-29(3)17-19-36)38-26-22-35(23-27-38)31(5)15-13-11-9-2;1-6(2)7(3,4)8-5;1-2-4-6-5-3-1;1-3-5-4-2;3*1-2/h8-28H,1,5,7H2,2-4,6H3;6H,1-5H3;1-6H;3-5H,1H2,2H3;3*1-2H3/b11-9-,12-10-,15-13-,30-14+,32-28+,40-39?;;;5-4-;;;. The van der Waals surface area contributed by atoms with Crippen molar-refractivity contribution >= 4 is 28.1 Å². The van der Waals surface area contributed by atoms with Crippen molar-refractivity contribution in [2.45, 2.75) is 109 Å². The third-order valence-corrected chi connectivity index (χ3v) is 9.45. The van der Waals surface area contributed by atoms with Crippen LogP contribution >= 0.6 is 0 Å². The minimum Gasteiger partial charge on any atom is -0.379 e. The molecule has 0 aliphatic rings. The SMILES string of the molecule is C=C/C=C\C.C=C/C=C\C=C(/C)c1ccc(C(=C)N=C(/C=C(\C)c2ccc(C)cc2)c2ccc(C(=C)/C=C\C=C/C)cc2)cc1.CC.CC.CC.COC(C)(C)C(C)C.c1ccccc1. The highest BCUT2D eigenvalue weighted by Gasteiger charge is 2.20. The van der Waals surface area contributed by atoms with Gasteiger partial charge in [0.05, 0.1) is 17.0 Å². The summed E-state index contributed by atoms with van der Waals surface area (Å²) in [4.78, 5) is 5.03. The average molecular weight is 874 g/mol. The number of rotatable bonds is 14. The van der Waals surface area contributed by atoms with Crippen LogP contribution in [0.1, 0.15) is 130 Å². The highest BCUT2D eigenvalue weighted by molar-refractivity contribution is 6.14. The molecule has 350 valence electrons. The fourth-order valence-corrected chi connectivity index (χ4v) is 4.79. The molecule has 0 saturated heterocycles. The first-order valence-corrected chi connectivity index (χ1v) is 23.2. The van der Waals surface area contributed by atoms with E-state index in [9.17, 15) is 0 Å². The van der Waals surface area contributed by atoms with Crippen molar-refractivity contribution in [3.8, 4) is 0 Å². The minimum absolute atomic E-state index is 0.0417. The summed E-state index contributed by atoms with van der Waals surface area (Å²) in [5, 5.41) is 0. The summed E-state index contributed by atoms with van der Waals surface area (Å²) in [6.07, 6.45) is 23.5. The first kappa shape index (κ1) is 63.2. The summed E-state index contributed by atoms with van der Waals surface area (Å²) < 4.78 is 5.20. The van der Waals surface area contributed by atoms with E-state index in [-0.39, 0.29) is 5.60 Å². The summed E-state index contributed by atoms with van der Waals surface area (Å²) >= 11 is 0. The summed E-state index contributed by atoms with van der Waals surface area (Å²) in [6.45, 7) is 46.5. The number of benzene rings is 4. The average Bonchev–Trinajstić information content (AvgIpc) is 3.35. The monoisotopic (exact) mass is 874 g/mol. The molecule has 2 heteroatoms. The summed E-state index contributed by atoms with van der Waals surface area (Å²) in [7, 11) is 1.75. The quantitative estimate of drug-likeness (QED) is 0.0914. The van der Waals surface area contributed by atoms with Gasteiger partial charge in [-0.15, -0.1) is 0 Å². The van der Waals surface area contributed by atoms with Gasteiger partial charge in [-0.2, -0.15) is 0 Å². The van der Waals surface area contributed by atoms with E-state index in [2.05, 4.69) is 160 Å². The predicted octanol–water partition coefficient (Wildman–Crippen LogP) is 19.4. The highest BCUT2D eigenvalue weighted by atomic mass is 16.5. The Hall–Kier alpha value is -6.09. The predicted molar refractivity (Wildman–Crippen MR) is 301 cm³/mol. The maximum absolute atomic E-state index is 5.20. The van der Waals surface area contributed by atoms with E-state index >= 15 is 0 Å². The van der Waals surface area contributed by atoms with E-state index in [0.717, 1.165) is 39.1 Å². The molecular weight excluding hydrogens is 787 g/mol. The van der Waals surface area contributed by atoms with Gasteiger partial charge in [0.1, 0.15) is 0 Å². The van der Waals surface area contributed by atoms with E-state index in [1.54, 1.807) is 19.3 Å². The van der Waals surface area contributed by atoms with Crippen molar-refractivity contribution in [3.63, 3.8) is 0 Å². The number of nitrogens with zero attached hydrogens (tertiary/aromatic N) is 1. The highest BCUT2D eigenvalue weighted by Crippen LogP contribution is 2.24. The number of hydrogen-bond acceptors (Lipinski definition) is 2. The van der Waals surface area contributed by atoms with Crippen LogP contribution in [0.25, 0.3) is 22.4 Å². The van der Waals surface area contributed by atoms with Crippen LogP contribution in [-0.2, 0) is 4.74 Å². The Bertz CT molecular complexity index is 2030. The van der Waals surface area contributed by atoms with Crippen LogP contribution in [-0.4, -0.2) is 18.4 Å². The van der Waals surface area contributed by atoms with Gasteiger partial charge in [0, 0.05) is 12.7 Å². The lowest BCUT2D eigenvalue weighted by atomic mass is 9.95. The van der Waals surface area contributed by atoms with Gasteiger partial charge in [0.25, 0.3) is 0 Å². The molecule has 0 aliphatic carbocycles. The first-order chi connectivity index (χ1) is 31.2. The zero-order valence-corrected chi connectivity index (χ0v) is 43.6. The van der Waals surface area contributed by atoms with Gasteiger partial charge in [-0.1, -0.05) is 263 Å². The second kappa shape index (κ2) is 40.7.